The highest BCUT2D eigenvalue weighted by atomic mass is 16.6. The Hall–Kier alpha value is -2.58. The summed E-state index contributed by atoms with van der Waals surface area (Å²) in [5.41, 5.74) is 2.51. The van der Waals surface area contributed by atoms with Gasteiger partial charge in [-0.2, -0.15) is 5.26 Å². The molecule has 5 nitrogen and oxygen atoms in total. The third-order valence-electron chi connectivity index (χ3n) is 4.56. The van der Waals surface area contributed by atoms with Crippen molar-refractivity contribution >= 4 is 5.69 Å². The van der Waals surface area contributed by atoms with Gasteiger partial charge in [0.2, 0.25) is 5.88 Å². The summed E-state index contributed by atoms with van der Waals surface area (Å²) in [5, 5.41) is 9.83. The second kappa shape index (κ2) is 9.28. The topological polar surface area (TPSA) is 58.4 Å². The number of anilines is 1. The number of aromatic nitrogens is 1. The molecule has 0 unspecified atom stereocenters. The average Bonchev–Trinajstić information content (AvgIpc) is 2.67. The van der Waals surface area contributed by atoms with Gasteiger partial charge in [0.25, 0.3) is 0 Å². The van der Waals surface area contributed by atoms with Crippen molar-refractivity contribution in [3.8, 4) is 23.1 Å². The summed E-state index contributed by atoms with van der Waals surface area (Å²) in [7, 11) is 0. The minimum atomic E-state index is -0.614. The molecule has 0 saturated carbocycles. The lowest BCUT2D eigenvalue weighted by molar-refractivity contribution is -0.0735. The van der Waals surface area contributed by atoms with Crippen molar-refractivity contribution in [2.45, 2.75) is 59.7 Å². The fraction of sp³-hybridized carbons (Fsp3) is 0.500. The average molecular weight is 396 g/mol. The van der Waals surface area contributed by atoms with Crippen molar-refractivity contribution in [1.29, 1.82) is 5.26 Å². The molecule has 29 heavy (non-hydrogen) atoms. The maximum Gasteiger partial charge on any atom is 0.232 e. The minimum Gasteiger partial charge on any atom is -0.468 e. The van der Waals surface area contributed by atoms with E-state index in [9.17, 15) is 5.26 Å². The SMILES string of the molecule is CCN(CC)c1ccc(-c2ccnc(OC(C)(C)COC(C)(C)C)c2C#N)cc1. The van der Waals surface area contributed by atoms with Crippen LogP contribution in [-0.4, -0.2) is 35.9 Å². The van der Waals surface area contributed by atoms with Crippen LogP contribution < -0.4 is 9.64 Å². The molecule has 156 valence electrons. The molecule has 1 heterocycles. The highest BCUT2D eigenvalue weighted by Gasteiger charge is 2.26. The quantitative estimate of drug-likeness (QED) is 0.596. The first kappa shape index (κ1) is 22.7. The highest BCUT2D eigenvalue weighted by molar-refractivity contribution is 5.73. The number of nitriles is 1. The Morgan fingerprint density at radius 3 is 2.14 bits per heavy atom. The van der Waals surface area contributed by atoms with Crippen molar-refractivity contribution < 1.29 is 9.47 Å². The zero-order chi connectivity index (χ0) is 21.7. The van der Waals surface area contributed by atoms with Gasteiger partial charge in [0.15, 0.2) is 0 Å². The summed E-state index contributed by atoms with van der Waals surface area (Å²) in [4.78, 5) is 6.61. The summed E-state index contributed by atoms with van der Waals surface area (Å²) in [6, 6.07) is 12.4. The molecule has 0 spiro atoms. The first-order chi connectivity index (χ1) is 13.6. The number of nitrogens with zero attached hydrogens (tertiary/aromatic N) is 3. The van der Waals surface area contributed by atoms with Crippen LogP contribution >= 0.6 is 0 Å². The van der Waals surface area contributed by atoms with Gasteiger partial charge in [-0.15, -0.1) is 0 Å². The largest absolute Gasteiger partial charge is 0.468 e. The van der Waals surface area contributed by atoms with E-state index in [0.717, 1.165) is 24.2 Å². The van der Waals surface area contributed by atoms with Gasteiger partial charge in [0.1, 0.15) is 17.2 Å². The number of rotatable bonds is 8. The maximum atomic E-state index is 9.83. The Balaban J connectivity index is 2.31. The molecule has 0 radical (unpaired) electrons. The van der Waals surface area contributed by atoms with Crippen LogP contribution in [-0.2, 0) is 4.74 Å². The van der Waals surface area contributed by atoms with Crippen LogP contribution in [0.2, 0.25) is 0 Å². The zero-order valence-electron chi connectivity index (χ0n) is 18.7. The number of hydrogen-bond acceptors (Lipinski definition) is 5. The van der Waals surface area contributed by atoms with Crippen molar-refractivity contribution in [3.63, 3.8) is 0 Å². The summed E-state index contributed by atoms with van der Waals surface area (Å²) in [6.07, 6.45) is 1.69. The van der Waals surface area contributed by atoms with Crippen LogP contribution in [0.15, 0.2) is 36.5 Å². The standard InChI is InChI=1S/C24H33N3O2/c1-8-27(9-2)19-12-10-18(11-13-19)20-14-15-26-22(21(20)16-25)29-24(6,7)17-28-23(3,4)5/h10-15H,8-9,17H2,1-7H3. The summed E-state index contributed by atoms with van der Waals surface area (Å²) in [6.45, 7) is 16.5. The van der Waals surface area contributed by atoms with Gasteiger partial charge in [-0.1, -0.05) is 12.1 Å². The molecular formula is C24H33N3O2. The third-order valence-corrected chi connectivity index (χ3v) is 4.56. The normalized spacial score (nSPS) is 11.8. The fourth-order valence-corrected chi connectivity index (χ4v) is 2.99. The molecule has 0 aliphatic rings. The second-order valence-corrected chi connectivity index (χ2v) is 8.63. The molecule has 2 rings (SSSR count). The van der Waals surface area contributed by atoms with Gasteiger partial charge >= 0.3 is 0 Å². The lowest BCUT2D eigenvalue weighted by atomic mass is 10.0. The molecule has 1 aromatic carbocycles. The van der Waals surface area contributed by atoms with Gasteiger partial charge in [-0.3, -0.25) is 0 Å². The van der Waals surface area contributed by atoms with Crippen LogP contribution in [0, 0.1) is 11.3 Å². The van der Waals surface area contributed by atoms with Crippen LogP contribution in [0.4, 0.5) is 5.69 Å². The second-order valence-electron chi connectivity index (χ2n) is 8.63. The van der Waals surface area contributed by atoms with E-state index in [1.165, 1.54) is 5.69 Å². The van der Waals surface area contributed by atoms with Crippen molar-refractivity contribution in [1.82, 2.24) is 4.98 Å². The molecular weight excluding hydrogens is 362 g/mol. The lowest BCUT2D eigenvalue weighted by Crippen LogP contribution is -2.38. The fourth-order valence-electron chi connectivity index (χ4n) is 2.99. The van der Waals surface area contributed by atoms with Gasteiger partial charge in [0.05, 0.1) is 12.2 Å². The van der Waals surface area contributed by atoms with Gasteiger partial charge < -0.3 is 14.4 Å². The number of ether oxygens (including phenoxy) is 2. The Morgan fingerprint density at radius 1 is 1.00 bits per heavy atom. The molecule has 0 N–H and O–H groups in total. The van der Waals surface area contributed by atoms with Crippen molar-refractivity contribution in [2.24, 2.45) is 0 Å². The van der Waals surface area contributed by atoms with Crippen molar-refractivity contribution in [3.05, 3.63) is 42.1 Å². The predicted octanol–water partition coefficient (Wildman–Crippen LogP) is 5.44. The van der Waals surface area contributed by atoms with Crippen LogP contribution in [0.5, 0.6) is 5.88 Å². The van der Waals surface area contributed by atoms with E-state index in [1.54, 1.807) is 6.20 Å². The molecule has 0 aliphatic carbocycles. The highest BCUT2D eigenvalue weighted by Crippen LogP contribution is 2.31. The third kappa shape index (κ3) is 6.20. The van der Waals surface area contributed by atoms with Gasteiger partial charge in [-0.25, -0.2) is 4.98 Å². The number of pyridine rings is 1. The van der Waals surface area contributed by atoms with E-state index in [4.69, 9.17) is 9.47 Å². The van der Waals surface area contributed by atoms with Crippen molar-refractivity contribution in [2.75, 3.05) is 24.6 Å². The number of hydrogen-bond donors (Lipinski definition) is 0. The van der Waals surface area contributed by atoms with Crippen LogP contribution in [0.3, 0.4) is 0 Å². The predicted molar refractivity (Wildman–Crippen MR) is 118 cm³/mol. The van der Waals surface area contributed by atoms with Crippen LogP contribution in [0.1, 0.15) is 54.0 Å². The van der Waals surface area contributed by atoms with Gasteiger partial charge in [-0.05, 0) is 72.2 Å². The van der Waals surface area contributed by atoms with E-state index in [0.29, 0.717) is 18.1 Å². The molecule has 0 atom stereocenters. The number of benzene rings is 1. The Morgan fingerprint density at radius 2 is 1.62 bits per heavy atom. The summed E-state index contributed by atoms with van der Waals surface area (Å²) < 4.78 is 12.0. The molecule has 0 amide bonds. The minimum absolute atomic E-state index is 0.263. The summed E-state index contributed by atoms with van der Waals surface area (Å²) in [5.74, 6) is 0.334. The Kier molecular flexibility index (Phi) is 7.26. The monoisotopic (exact) mass is 395 g/mol. The molecule has 0 bridgehead atoms. The Bertz CT molecular complexity index is 842. The molecule has 0 aliphatic heterocycles. The first-order valence-corrected chi connectivity index (χ1v) is 10.2. The van der Waals surface area contributed by atoms with E-state index in [1.807, 2.05) is 52.8 Å². The molecule has 2 aromatic rings. The van der Waals surface area contributed by atoms with E-state index < -0.39 is 5.60 Å². The van der Waals surface area contributed by atoms with Gasteiger partial charge in [0, 0.05) is 30.5 Å². The summed E-state index contributed by atoms with van der Waals surface area (Å²) >= 11 is 0. The molecule has 0 saturated heterocycles. The molecule has 5 heteroatoms. The molecule has 1 aromatic heterocycles. The van der Waals surface area contributed by atoms with E-state index in [-0.39, 0.29) is 5.60 Å². The Labute approximate surface area is 175 Å². The maximum absolute atomic E-state index is 9.83. The van der Waals surface area contributed by atoms with Crippen LogP contribution in [0.25, 0.3) is 11.1 Å². The first-order valence-electron chi connectivity index (χ1n) is 10.2. The van der Waals surface area contributed by atoms with E-state index >= 15 is 0 Å². The smallest absolute Gasteiger partial charge is 0.232 e. The molecule has 0 fully saturated rings. The lowest BCUT2D eigenvalue weighted by Gasteiger charge is -2.30. The van der Waals surface area contributed by atoms with E-state index in [2.05, 4.69) is 41.9 Å². The zero-order valence-corrected chi connectivity index (χ0v) is 18.7.